The molecule has 0 saturated heterocycles. The highest BCUT2D eigenvalue weighted by Gasteiger charge is 2.15. The number of thiophene rings is 1. The van der Waals surface area contributed by atoms with Gasteiger partial charge < -0.3 is 0 Å². The van der Waals surface area contributed by atoms with E-state index in [1.54, 1.807) is 29.6 Å². The molecule has 2 aromatic carbocycles. The highest BCUT2D eigenvalue weighted by Crippen LogP contribution is 2.25. The van der Waals surface area contributed by atoms with Crippen LogP contribution in [0, 0.1) is 0 Å². The lowest BCUT2D eigenvalue weighted by molar-refractivity contribution is 0.0942. The third-order valence-corrected chi connectivity index (χ3v) is 7.07. The zero-order valence-corrected chi connectivity index (χ0v) is 17.9. The van der Waals surface area contributed by atoms with Crippen molar-refractivity contribution in [3.8, 4) is 0 Å². The normalized spacial score (nSPS) is 11.0. The van der Waals surface area contributed by atoms with E-state index < -0.39 is 15.9 Å². The topological polar surface area (TPSA) is 87.3 Å². The van der Waals surface area contributed by atoms with Gasteiger partial charge in [-0.2, -0.15) is 0 Å². The molecule has 0 atom stereocenters. The van der Waals surface area contributed by atoms with E-state index in [-0.39, 0.29) is 4.21 Å². The molecule has 0 fully saturated rings. The molecule has 0 bridgehead atoms. The summed E-state index contributed by atoms with van der Waals surface area (Å²) in [7, 11) is -3.64. The molecule has 0 radical (unpaired) electrons. The lowest BCUT2D eigenvalue weighted by Crippen LogP contribution is -2.35. The van der Waals surface area contributed by atoms with Crippen LogP contribution in [0.5, 0.6) is 0 Å². The minimum Gasteiger partial charge on any atom is -0.298 e. The summed E-state index contributed by atoms with van der Waals surface area (Å²) in [6, 6.07) is 14.1. The second kappa shape index (κ2) is 8.87. The first-order chi connectivity index (χ1) is 13.8. The summed E-state index contributed by atoms with van der Waals surface area (Å²) in [6.45, 7) is 3.83. The van der Waals surface area contributed by atoms with E-state index in [0.717, 1.165) is 11.3 Å². The van der Waals surface area contributed by atoms with Gasteiger partial charge >= 0.3 is 0 Å². The summed E-state index contributed by atoms with van der Waals surface area (Å²) in [4.78, 5) is 12.3. The Morgan fingerprint density at radius 1 is 1.00 bits per heavy atom. The van der Waals surface area contributed by atoms with Crippen LogP contribution in [0.3, 0.4) is 0 Å². The fraction of sp³-hybridized carbons (Fsp3) is 0. The Bertz CT molecular complexity index is 1150. The van der Waals surface area contributed by atoms with Gasteiger partial charge in [-0.25, -0.2) is 8.42 Å². The predicted molar refractivity (Wildman–Crippen MR) is 118 cm³/mol. The van der Waals surface area contributed by atoms with Crippen LogP contribution in [0.25, 0.3) is 5.70 Å². The summed E-state index contributed by atoms with van der Waals surface area (Å²) in [5, 5.41) is 2.57. The van der Waals surface area contributed by atoms with Crippen molar-refractivity contribution in [3.63, 3.8) is 0 Å². The number of carbonyl (C=O) groups is 1. The SMILES string of the molecule is C=C(NNC(=O)c1ccc(NS(=O)(=O)c2cccs2)cc1)c1ccc(Cl)cc1Cl. The van der Waals surface area contributed by atoms with Crippen molar-refractivity contribution >= 4 is 61.9 Å². The van der Waals surface area contributed by atoms with Crippen LogP contribution in [-0.4, -0.2) is 14.3 Å². The quantitative estimate of drug-likeness (QED) is 0.437. The number of halogens is 2. The molecule has 3 rings (SSSR count). The molecule has 10 heteroatoms. The van der Waals surface area contributed by atoms with Crippen LogP contribution in [0.15, 0.2) is 70.8 Å². The van der Waals surface area contributed by atoms with Crippen LogP contribution >= 0.6 is 34.5 Å². The molecular formula is C19H15Cl2N3O3S2. The smallest absolute Gasteiger partial charge is 0.271 e. The number of sulfonamides is 1. The number of carbonyl (C=O) groups excluding carboxylic acids is 1. The monoisotopic (exact) mass is 467 g/mol. The number of hydrogen-bond acceptors (Lipinski definition) is 5. The van der Waals surface area contributed by atoms with Crippen molar-refractivity contribution in [2.75, 3.05) is 4.72 Å². The molecule has 0 unspecified atom stereocenters. The zero-order chi connectivity index (χ0) is 21.0. The number of hydrogen-bond donors (Lipinski definition) is 3. The maximum Gasteiger partial charge on any atom is 0.271 e. The van der Waals surface area contributed by atoms with Crippen molar-refractivity contribution in [1.82, 2.24) is 10.9 Å². The van der Waals surface area contributed by atoms with E-state index in [1.807, 2.05) is 0 Å². The first kappa shape index (κ1) is 21.2. The third-order valence-electron chi connectivity index (χ3n) is 3.74. The Labute approximate surface area is 182 Å². The molecular weight excluding hydrogens is 453 g/mol. The molecule has 6 nitrogen and oxygen atoms in total. The van der Waals surface area contributed by atoms with Crippen LogP contribution in [0.2, 0.25) is 10.0 Å². The fourth-order valence-corrected chi connectivity index (χ4v) is 4.89. The van der Waals surface area contributed by atoms with Crippen molar-refractivity contribution < 1.29 is 13.2 Å². The number of anilines is 1. The first-order valence-electron chi connectivity index (χ1n) is 8.13. The van der Waals surface area contributed by atoms with Gasteiger partial charge in [-0.3, -0.25) is 20.4 Å². The molecule has 1 aromatic heterocycles. The Hall–Kier alpha value is -2.52. The molecule has 3 N–H and O–H groups in total. The van der Waals surface area contributed by atoms with Gasteiger partial charge in [0.1, 0.15) is 4.21 Å². The molecule has 0 aliphatic heterocycles. The molecule has 0 saturated carbocycles. The average Bonchev–Trinajstić information content (AvgIpc) is 3.22. The second-order valence-corrected chi connectivity index (χ2v) is 9.50. The van der Waals surface area contributed by atoms with Gasteiger partial charge in [-0.05, 0) is 53.9 Å². The Morgan fingerprint density at radius 2 is 1.72 bits per heavy atom. The van der Waals surface area contributed by atoms with Gasteiger partial charge in [-0.1, -0.05) is 35.8 Å². The summed E-state index contributed by atoms with van der Waals surface area (Å²) >= 11 is 13.1. The molecule has 1 amide bonds. The average molecular weight is 468 g/mol. The van der Waals surface area contributed by atoms with E-state index in [9.17, 15) is 13.2 Å². The zero-order valence-electron chi connectivity index (χ0n) is 14.8. The lowest BCUT2D eigenvalue weighted by Gasteiger charge is -2.13. The predicted octanol–water partition coefficient (Wildman–Crippen LogP) is 4.76. The summed E-state index contributed by atoms with van der Waals surface area (Å²) < 4.78 is 27.1. The Balaban J connectivity index is 1.61. The lowest BCUT2D eigenvalue weighted by atomic mass is 10.2. The number of benzene rings is 2. The van der Waals surface area contributed by atoms with Gasteiger partial charge in [0, 0.05) is 21.8 Å². The first-order valence-corrected chi connectivity index (χ1v) is 11.3. The maximum absolute atomic E-state index is 12.3. The number of nitrogens with one attached hydrogen (secondary N) is 3. The summed E-state index contributed by atoms with van der Waals surface area (Å²) in [6.07, 6.45) is 0. The standard InChI is InChI=1S/C19H15Cl2N3O3S2/c1-12(16-9-6-14(20)11-17(16)21)22-23-19(25)13-4-7-15(8-5-13)24-29(26,27)18-3-2-10-28-18/h2-11,22,24H,1H2,(H,23,25). The fourth-order valence-electron chi connectivity index (χ4n) is 2.32. The van der Waals surface area contributed by atoms with Gasteiger partial charge in [0.05, 0.1) is 10.7 Å². The number of rotatable bonds is 7. The van der Waals surface area contributed by atoms with Crippen molar-refractivity contribution in [1.29, 1.82) is 0 Å². The van der Waals surface area contributed by atoms with Crippen molar-refractivity contribution in [2.45, 2.75) is 4.21 Å². The van der Waals surface area contributed by atoms with Crippen LogP contribution in [0.1, 0.15) is 15.9 Å². The molecule has 150 valence electrons. The molecule has 1 heterocycles. The van der Waals surface area contributed by atoms with E-state index in [0.29, 0.717) is 32.6 Å². The Kier molecular flexibility index (Phi) is 6.49. The Morgan fingerprint density at radius 3 is 2.34 bits per heavy atom. The highest BCUT2D eigenvalue weighted by atomic mass is 35.5. The van der Waals surface area contributed by atoms with Crippen molar-refractivity contribution in [3.05, 3.63) is 87.7 Å². The van der Waals surface area contributed by atoms with Gasteiger partial charge in [-0.15, -0.1) is 11.3 Å². The van der Waals surface area contributed by atoms with Crippen LogP contribution < -0.4 is 15.6 Å². The van der Waals surface area contributed by atoms with E-state index in [1.165, 1.54) is 30.3 Å². The molecule has 0 aliphatic carbocycles. The number of hydrazine groups is 1. The van der Waals surface area contributed by atoms with Gasteiger partial charge in [0.15, 0.2) is 0 Å². The van der Waals surface area contributed by atoms with Gasteiger partial charge in [0.2, 0.25) is 0 Å². The second-order valence-electron chi connectivity index (χ2n) is 5.80. The molecule has 0 aliphatic rings. The van der Waals surface area contributed by atoms with Crippen LogP contribution in [-0.2, 0) is 10.0 Å². The summed E-state index contributed by atoms with van der Waals surface area (Å²) in [5.74, 6) is -0.427. The van der Waals surface area contributed by atoms with E-state index >= 15 is 0 Å². The van der Waals surface area contributed by atoms with Crippen LogP contribution in [0.4, 0.5) is 5.69 Å². The maximum atomic E-state index is 12.3. The minimum absolute atomic E-state index is 0.211. The highest BCUT2D eigenvalue weighted by molar-refractivity contribution is 7.94. The van der Waals surface area contributed by atoms with Crippen molar-refractivity contribution in [2.24, 2.45) is 0 Å². The molecule has 29 heavy (non-hydrogen) atoms. The van der Waals surface area contributed by atoms with E-state index in [2.05, 4.69) is 22.2 Å². The number of amides is 1. The minimum atomic E-state index is -3.64. The summed E-state index contributed by atoms with van der Waals surface area (Å²) in [5.41, 5.74) is 6.86. The van der Waals surface area contributed by atoms with Gasteiger partial charge in [0.25, 0.3) is 15.9 Å². The third kappa shape index (κ3) is 5.30. The van der Waals surface area contributed by atoms with E-state index in [4.69, 9.17) is 23.2 Å². The largest absolute Gasteiger partial charge is 0.298 e. The molecule has 0 spiro atoms. The molecule has 3 aromatic rings.